The molecule has 1 aliphatic rings. The van der Waals surface area contributed by atoms with Crippen molar-refractivity contribution < 1.29 is 12.8 Å². The largest absolute Gasteiger partial charge is 0.447 e. The van der Waals surface area contributed by atoms with Gasteiger partial charge in [-0.05, 0) is 49.8 Å². The van der Waals surface area contributed by atoms with Crippen molar-refractivity contribution in [2.45, 2.75) is 57.7 Å². The van der Waals surface area contributed by atoms with E-state index in [9.17, 15) is 8.42 Å². The van der Waals surface area contributed by atoms with Crippen molar-refractivity contribution in [1.82, 2.24) is 10.0 Å². The molecule has 6 heteroatoms. The second-order valence-corrected chi connectivity index (χ2v) is 7.77. The van der Waals surface area contributed by atoms with E-state index in [4.69, 9.17) is 4.42 Å². The van der Waals surface area contributed by atoms with Crippen molar-refractivity contribution in [3.63, 3.8) is 0 Å². The van der Waals surface area contributed by atoms with E-state index < -0.39 is 10.0 Å². The zero-order chi connectivity index (χ0) is 15.5. The van der Waals surface area contributed by atoms with Gasteiger partial charge in [0.2, 0.25) is 5.09 Å². The fraction of sp³-hybridized carbons (Fsp3) is 0.733. The lowest BCUT2D eigenvalue weighted by Gasteiger charge is -2.32. The number of rotatable bonds is 6. The molecule has 0 radical (unpaired) electrons. The number of nitrogens with one attached hydrogen (secondary N) is 2. The summed E-state index contributed by atoms with van der Waals surface area (Å²) in [4.78, 5) is 0. The van der Waals surface area contributed by atoms with E-state index in [2.05, 4.69) is 23.9 Å². The van der Waals surface area contributed by atoms with Gasteiger partial charge < -0.3 is 9.73 Å². The number of hydrogen-bond acceptors (Lipinski definition) is 4. The van der Waals surface area contributed by atoms with Gasteiger partial charge in [-0.2, -0.15) is 0 Å². The first-order valence-electron chi connectivity index (χ1n) is 7.74. The first-order valence-corrected chi connectivity index (χ1v) is 9.22. The van der Waals surface area contributed by atoms with Crippen LogP contribution in [0, 0.1) is 11.8 Å². The Morgan fingerprint density at radius 3 is 2.71 bits per heavy atom. The second kappa shape index (κ2) is 6.94. The third kappa shape index (κ3) is 4.31. The molecule has 0 saturated heterocycles. The van der Waals surface area contributed by atoms with Gasteiger partial charge in [0.1, 0.15) is 5.76 Å². The minimum atomic E-state index is -3.56. The summed E-state index contributed by atoms with van der Waals surface area (Å²) in [6.07, 6.45) is 3.03. The zero-order valence-corrected chi connectivity index (χ0v) is 13.9. The maximum Gasteiger partial charge on any atom is 0.274 e. The molecule has 1 aromatic heterocycles. The van der Waals surface area contributed by atoms with Crippen LogP contribution in [0.25, 0.3) is 0 Å². The highest BCUT2D eigenvalue weighted by Crippen LogP contribution is 2.29. The van der Waals surface area contributed by atoms with Gasteiger partial charge in [-0.1, -0.05) is 20.8 Å². The summed E-state index contributed by atoms with van der Waals surface area (Å²) >= 11 is 0. The Morgan fingerprint density at radius 1 is 1.29 bits per heavy atom. The van der Waals surface area contributed by atoms with Crippen LogP contribution in [0.4, 0.5) is 0 Å². The van der Waals surface area contributed by atoms with Crippen molar-refractivity contribution in [3.05, 3.63) is 17.9 Å². The molecule has 0 aliphatic heterocycles. The fourth-order valence-corrected chi connectivity index (χ4v) is 4.27. The molecule has 1 aliphatic carbocycles. The van der Waals surface area contributed by atoms with Gasteiger partial charge in [0.05, 0.1) is 6.54 Å². The van der Waals surface area contributed by atoms with Gasteiger partial charge in [-0.3, -0.25) is 0 Å². The highest BCUT2D eigenvalue weighted by Gasteiger charge is 2.30. The lowest BCUT2D eigenvalue weighted by Crippen LogP contribution is -2.42. The molecular formula is C15H26N2O3S. The summed E-state index contributed by atoms with van der Waals surface area (Å²) in [5.41, 5.74) is 0. The van der Waals surface area contributed by atoms with Crippen LogP contribution < -0.4 is 10.0 Å². The molecule has 3 unspecified atom stereocenters. The summed E-state index contributed by atoms with van der Waals surface area (Å²) in [5.74, 6) is 1.68. The van der Waals surface area contributed by atoms with E-state index in [1.807, 2.05) is 6.92 Å². The highest BCUT2D eigenvalue weighted by atomic mass is 32.2. The quantitative estimate of drug-likeness (QED) is 0.846. The predicted octanol–water partition coefficient (Wildman–Crippen LogP) is 2.49. The van der Waals surface area contributed by atoms with Gasteiger partial charge in [-0.25, -0.2) is 13.1 Å². The maximum atomic E-state index is 12.4. The molecule has 1 heterocycles. The Labute approximate surface area is 127 Å². The van der Waals surface area contributed by atoms with Crippen LogP contribution in [-0.4, -0.2) is 21.0 Å². The van der Waals surface area contributed by atoms with Gasteiger partial charge in [0, 0.05) is 6.04 Å². The fourth-order valence-electron chi connectivity index (χ4n) is 2.94. The lowest BCUT2D eigenvalue weighted by molar-refractivity contribution is 0.248. The third-order valence-electron chi connectivity index (χ3n) is 4.19. The molecule has 2 N–H and O–H groups in total. The van der Waals surface area contributed by atoms with Crippen LogP contribution in [0.15, 0.2) is 21.6 Å². The first kappa shape index (κ1) is 16.5. The van der Waals surface area contributed by atoms with Crippen LogP contribution in [0.1, 0.15) is 45.8 Å². The Morgan fingerprint density at radius 2 is 2.05 bits per heavy atom. The van der Waals surface area contributed by atoms with E-state index in [1.54, 1.807) is 6.07 Å². The SMILES string of the molecule is CCNCc1ccc(S(=O)(=O)NC2CCC(C)CC2C)o1. The summed E-state index contributed by atoms with van der Waals surface area (Å²) in [7, 11) is -3.56. The van der Waals surface area contributed by atoms with Crippen molar-refractivity contribution in [1.29, 1.82) is 0 Å². The van der Waals surface area contributed by atoms with E-state index >= 15 is 0 Å². The Bertz CT molecular complexity index is 553. The second-order valence-electron chi connectivity index (χ2n) is 6.12. The molecule has 0 aromatic carbocycles. The lowest BCUT2D eigenvalue weighted by atomic mass is 9.80. The van der Waals surface area contributed by atoms with Crippen LogP contribution in [-0.2, 0) is 16.6 Å². The molecular weight excluding hydrogens is 288 g/mol. The molecule has 0 amide bonds. The molecule has 120 valence electrons. The Balaban J connectivity index is 2.02. The minimum Gasteiger partial charge on any atom is -0.447 e. The molecule has 1 aromatic rings. The third-order valence-corrected chi connectivity index (χ3v) is 5.55. The average molecular weight is 314 g/mol. The van der Waals surface area contributed by atoms with Gasteiger partial charge >= 0.3 is 0 Å². The topological polar surface area (TPSA) is 71.3 Å². The first-order chi connectivity index (χ1) is 9.92. The normalized spacial score (nSPS) is 26.9. The molecule has 1 saturated carbocycles. The van der Waals surface area contributed by atoms with E-state index in [-0.39, 0.29) is 11.1 Å². The van der Waals surface area contributed by atoms with Crippen LogP contribution in [0.3, 0.4) is 0 Å². The number of hydrogen-bond donors (Lipinski definition) is 2. The summed E-state index contributed by atoms with van der Waals surface area (Å²) in [5, 5.41) is 3.13. The standard InChI is InChI=1S/C15H26N2O3S/c1-4-16-10-13-6-8-15(20-13)21(18,19)17-14-7-5-11(2)9-12(14)3/h6,8,11-12,14,16-17H,4-5,7,9-10H2,1-3H3. The number of furan rings is 1. The van der Waals surface area contributed by atoms with E-state index in [0.717, 1.165) is 25.8 Å². The van der Waals surface area contributed by atoms with Crippen molar-refractivity contribution >= 4 is 10.0 Å². The zero-order valence-electron chi connectivity index (χ0n) is 13.1. The van der Waals surface area contributed by atoms with Crippen LogP contribution >= 0.6 is 0 Å². The summed E-state index contributed by atoms with van der Waals surface area (Å²) in [6, 6.07) is 3.25. The average Bonchev–Trinajstić information content (AvgIpc) is 2.89. The van der Waals surface area contributed by atoms with Crippen molar-refractivity contribution in [3.8, 4) is 0 Å². The van der Waals surface area contributed by atoms with Crippen LogP contribution in [0.5, 0.6) is 0 Å². The molecule has 3 atom stereocenters. The van der Waals surface area contributed by atoms with Gasteiger partial charge in [-0.15, -0.1) is 0 Å². The molecule has 0 spiro atoms. The summed E-state index contributed by atoms with van der Waals surface area (Å²) < 4.78 is 33.0. The minimum absolute atomic E-state index is 0.00789. The Kier molecular flexibility index (Phi) is 5.46. The number of sulfonamides is 1. The summed E-state index contributed by atoms with van der Waals surface area (Å²) in [6.45, 7) is 7.69. The monoisotopic (exact) mass is 314 g/mol. The molecule has 21 heavy (non-hydrogen) atoms. The Hall–Kier alpha value is -0.850. The van der Waals surface area contributed by atoms with E-state index in [0.29, 0.717) is 24.1 Å². The van der Waals surface area contributed by atoms with E-state index in [1.165, 1.54) is 6.07 Å². The van der Waals surface area contributed by atoms with Crippen molar-refractivity contribution in [2.75, 3.05) is 6.54 Å². The molecule has 0 bridgehead atoms. The molecule has 2 rings (SSSR count). The highest BCUT2D eigenvalue weighted by molar-refractivity contribution is 7.89. The molecule has 5 nitrogen and oxygen atoms in total. The van der Waals surface area contributed by atoms with Crippen molar-refractivity contribution in [2.24, 2.45) is 11.8 Å². The predicted molar refractivity (Wildman–Crippen MR) is 82.4 cm³/mol. The maximum absolute atomic E-state index is 12.4. The smallest absolute Gasteiger partial charge is 0.274 e. The molecule has 1 fully saturated rings. The van der Waals surface area contributed by atoms with Gasteiger partial charge in [0.15, 0.2) is 0 Å². The van der Waals surface area contributed by atoms with Crippen LogP contribution in [0.2, 0.25) is 0 Å². The van der Waals surface area contributed by atoms with Gasteiger partial charge in [0.25, 0.3) is 10.0 Å².